The molecule has 0 atom stereocenters. The number of nitrogens with two attached hydrogens (primary N) is 1. The molecule has 2 heterocycles. The van der Waals surface area contributed by atoms with Crippen LogP contribution in [0.25, 0.3) is 11.4 Å². The van der Waals surface area contributed by atoms with Crippen LogP contribution in [-0.4, -0.2) is 34.8 Å². The van der Waals surface area contributed by atoms with Gasteiger partial charge in [-0.3, -0.25) is 5.10 Å². The number of rotatable bonds is 3. The summed E-state index contributed by atoms with van der Waals surface area (Å²) in [6, 6.07) is 5.71. The molecule has 1 saturated heterocycles. The molecule has 1 aliphatic heterocycles. The van der Waals surface area contributed by atoms with Crippen molar-refractivity contribution in [3.63, 3.8) is 0 Å². The summed E-state index contributed by atoms with van der Waals surface area (Å²) >= 11 is 9.44. The molecule has 7 heteroatoms. The van der Waals surface area contributed by atoms with Crippen LogP contribution in [0, 0.1) is 5.92 Å². The lowest BCUT2D eigenvalue weighted by atomic mass is 9.97. The summed E-state index contributed by atoms with van der Waals surface area (Å²) in [5.74, 6) is 2.14. The van der Waals surface area contributed by atoms with Gasteiger partial charge >= 0.3 is 0 Å². The van der Waals surface area contributed by atoms with E-state index in [9.17, 15) is 0 Å². The molecule has 0 bridgehead atoms. The van der Waals surface area contributed by atoms with Gasteiger partial charge in [0.2, 0.25) is 5.95 Å². The Hall–Kier alpha value is -1.11. The molecule has 0 amide bonds. The van der Waals surface area contributed by atoms with E-state index >= 15 is 0 Å². The summed E-state index contributed by atoms with van der Waals surface area (Å²) in [5.41, 5.74) is 6.68. The molecule has 1 aromatic carbocycles. The Balaban J connectivity index is 1.76. The van der Waals surface area contributed by atoms with Crippen LogP contribution >= 0.6 is 27.5 Å². The fourth-order valence-electron chi connectivity index (χ4n) is 2.54. The van der Waals surface area contributed by atoms with Crippen LogP contribution < -0.4 is 10.6 Å². The summed E-state index contributed by atoms with van der Waals surface area (Å²) in [6.45, 7) is 2.69. The topological polar surface area (TPSA) is 70.8 Å². The fraction of sp³-hybridized carbons (Fsp3) is 0.429. The number of nitrogens with zero attached hydrogens (tertiary/aromatic N) is 3. The molecular formula is C14H17BrClN5. The van der Waals surface area contributed by atoms with Crippen LogP contribution in [0.15, 0.2) is 22.7 Å². The Kier molecular flexibility index (Phi) is 4.47. The summed E-state index contributed by atoms with van der Waals surface area (Å²) in [6.07, 6.45) is 2.21. The smallest absolute Gasteiger partial charge is 0.245 e. The monoisotopic (exact) mass is 369 g/mol. The number of H-pyrrole nitrogens is 1. The minimum absolute atomic E-state index is 0.631. The van der Waals surface area contributed by atoms with Gasteiger partial charge in [-0.1, -0.05) is 11.6 Å². The van der Waals surface area contributed by atoms with E-state index in [-0.39, 0.29) is 0 Å². The highest BCUT2D eigenvalue weighted by molar-refractivity contribution is 9.10. The largest absolute Gasteiger partial charge is 0.340 e. The van der Waals surface area contributed by atoms with Crippen LogP contribution in [0.2, 0.25) is 5.02 Å². The van der Waals surface area contributed by atoms with Gasteiger partial charge < -0.3 is 10.6 Å². The van der Waals surface area contributed by atoms with Gasteiger partial charge in [0.05, 0.1) is 5.02 Å². The zero-order valence-electron chi connectivity index (χ0n) is 11.5. The highest BCUT2D eigenvalue weighted by Crippen LogP contribution is 2.28. The maximum absolute atomic E-state index is 6.01. The molecule has 1 aromatic heterocycles. The highest BCUT2D eigenvalue weighted by Gasteiger charge is 2.21. The van der Waals surface area contributed by atoms with Gasteiger partial charge in [0.15, 0.2) is 5.82 Å². The first-order valence-electron chi connectivity index (χ1n) is 7.00. The third kappa shape index (κ3) is 3.22. The molecule has 21 heavy (non-hydrogen) atoms. The zero-order valence-corrected chi connectivity index (χ0v) is 13.9. The minimum atomic E-state index is 0.631. The second kappa shape index (κ2) is 6.34. The van der Waals surface area contributed by atoms with Crippen molar-refractivity contribution in [3.05, 3.63) is 27.7 Å². The predicted octanol–water partition coefficient (Wildman–Crippen LogP) is 3.06. The van der Waals surface area contributed by atoms with Crippen molar-refractivity contribution in [2.24, 2.45) is 11.7 Å². The Labute approximate surface area is 137 Å². The summed E-state index contributed by atoms with van der Waals surface area (Å²) in [5, 5.41) is 8.01. The molecule has 112 valence electrons. The fourth-order valence-corrected chi connectivity index (χ4v) is 3.03. The van der Waals surface area contributed by atoms with Crippen LogP contribution in [-0.2, 0) is 0 Å². The summed E-state index contributed by atoms with van der Waals surface area (Å²) in [4.78, 5) is 6.80. The Bertz CT molecular complexity index is 622. The van der Waals surface area contributed by atoms with Crippen molar-refractivity contribution in [3.8, 4) is 11.4 Å². The molecule has 3 rings (SSSR count). The molecule has 1 fully saturated rings. The first-order valence-corrected chi connectivity index (χ1v) is 8.17. The third-order valence-electron chi connectivity index (χ3n) is 3.90. The van der Waals surface area contributed by atoms with E-state index in [0.717, 1.165) is 54.3 Å². The molecule has 5 nitrogen and oxygen atoms in total. The van der Waals surface area contributed by atoms with Gasteiger partial charge in [-0.25, -0.2) is 0 Å². The predicted molar refractivity (Wildman–Crippen MR) is 88.5 cm³/mol. The first kappa shape index (κ1) is 14.8. The molecule has 3 N–H and O–H groups in total. The Morgan fingerprint density at radius 2 is 2.14 bits per heavy atom. The number of aromatic amines is 1. The summed E-state index contributed by atoms with van der Waals surface area (Å²) in [7, 11) is 0. The number of aromatic nitrogens is 3. The zero-order chi connectivity index (χ0) is 14.8. The van der Waals surface area contributed by atoms with Gasteiger partial charge in [-0.05, 0) is 59.4 Å². The lowest BCUT2D eigenvalue weighted by Crippen LogP contribution is -2.36. The molecule has 0 radical (unpaired) electrons. The third-order valence-corrected chi connectivity index (χ3v) is 5.11. The molecule has 2 aromatic rings. The lowest BCUT2D eigenvalue weighted by Gasteiger charge is -2.30. The molecular weight excluding hydrogens is 354 g/mol. The van der Waals surface area contributed by atoms with E-state index in [4.69, 9.17) is 17.3 Å². The molecule has 0 saturated carbocycles. The van der Waals surface area contributed by atoms with E-state index in [1.165, 1.54) is 0 Å². The van der Waals surface area contributed by atoms with Crippen molar-refractivity contribution in [1.29, 1.82) is 0 Å². The van der Waals surface area contributed by atoms with Gasteiger partial charge in [0, 0.05) is 23.1 Å². The number of hydrogen-bond acceptors (Lipinski definition) is 4. The maximum atomic E-state index is 6.01. The van der Waals surface area contributed by atoms with Gasteiger partial charge in [-0.2, -0.15) is 4.98 Å². The molecule has 0 aliphatic carbocycles. The van der Waals surface area contributed by atoms with Crippen LogP contribution in [0.4, 0.5) is 5.95 Å². The summed E-state index contributed by atoms with van der Waals surface area (Å²) < 4.78 is 0.850. The minimum Gasteiger partial charge on any atom is -0.340 e. The normalized spacial score (nSPS) is 16.4. The second-order valence-electron chi connectivity index (χ2n) is 5.28. The Morgan fingerprint density at radius 3 is 2.81 bits per heavy atom. The van der Waals surface area contributed by atoms with Crippen molar-refractivity contribution < 1.29 is 0 Å². The van der Waals surface area contributed by atoms with Crippen LogP contribution in [0.3, 0.4) is 0 Å². The average molecular weight is 371 g/mol. The Morgan fingerprint density at radius 1 is 1.38 bits per heavy atom. The van der Waals surface area contributed by atoms with E-state index in [2.05, 4.69) is 36.0 Å². The second-order valence-corrected chi connectivity index (χ2v) is 6.54. The number of benzene rings is 1. The first-order chi connectivity index (χ1) is 10.2. The highest BCUT2D eigenvalue weighted by atomic mass is 79.9. The van der Waals surface area contributed by atoms with E-state index in [1.807, 2.05) is 18.2 Å². The average Bonchev–Trinajstić information content (AvgIpc) is 3.00. The van der Waals surface area contributed by atoms with Crippen LogP contribution in [0.1, 0.15) is 12.8 Å². The molecule has 0 unspecified atom stereocenters. The van der Waals surface area contributed by atoms with Crippen molar-refractivity contribution in [2.75, 3.05) is 24.5 Å². The SMILES string of the molecule is NCC1CCN(c2n[nH]c(-c3ccc(Cl)c(Br)c3)n2)CC1. The maximum Gasteiger partial charge on any atom is 0.245 e. The van der Waals surface area contributed by atoms with Gasteiger partial charge in [0.25, 0.3) is 0 Å². The standard InChI is InChI=1S/C14H17BrClN5/c15-11-7-10(1-2-12(11)16)13-18-14(20-19-13)21-5-3-9(8-17)4-6-21/h1-2,7,9H,3-6,8,17H2,(H,18,19,20). The number of halogens is 2. The quantitative estimate of drug-likeness (QED) is 0.871. The molecule has 0 spiro atoms. The number of hydrogen-bond donors (Lipinski definition) is 2. The van der Waals surface area contributed by atoms with Gasteiger partial charge in [0.1, 0.15) is 0 Å². The number of piperidine rings is 1. The lowest BCUT2D eigenvalue weighted by molar-refractivity contribution is 0.411. The number of anilines is 1. The number of nitrogens with one attached hydrogen (secondary N) is 1. The van der Waals surface area contributed by atoms with Crippen LogP contribution in [0.5, 0.6) is 0 Å². The van der Waals surface area contributed by atoms with Crippen molar-refractivity contribution in [1.82, 2.24) is 15.2 Å². The van der Waals surface area contributed by atoms with E-state index in [1.54, 1.807) is 0 Å². The van der Waals surface area contributed by atoms with E-state index < -0.39 is 0 Å². The van der Waals surface area contributed by atoms with Crippen molar-refractivity contribution >= 4 is 33.5 Å². The van der Waals surface area contributed by atoms with Gasteiger partial charge in [-0.15, -0.1) is 5.10 Å². The molecule has 1 aliphatic rings. The van der Waals surface area contributed by atoms with Crippen molar-refractivity contribution in [2.45, 2.75) is 12.8 Å². The van der Waals surface area contributed by atoms with E-state index in [0.29, 0.717) is 10.9 Å².